The maximum absolute atomic E-state index is 6.11. The van der Waals surface area contributed by atoms with E-state index in [1.165, 1.54) is 11.9 Å². The molecule has 0 amide bonds. The summed E-state index contributed by atoms with van der Waals surface area (Å²) in [4.78, 5) is 10.4. The number of halogens is 1. The molecule has 0 spiro atoms. The van der Waals surface area contributed by atoms with Crippen LogP contribution in [0.1, 0.15) is 31.0 Å². The lowest BCUT2D eigenvalue weighted by Crippen LogP contribution is -2.20. The number of aryl methyl sites for hydroxylation is 1. The van der Waals surface area contributed by atoms with E-state index in [1.54, 1.807) is 0 Å². The first kappa shape index (κ1) is 15.6. The summed E-state index contributed by atoms with van der Waals surface area (Å²) >= 11 is 6.11. The molecule has 0 aliphatic rings. The van der Waals surface area contributed by atoms with Crippen molar-refractivity contribution < 1.29 is 0 Å². The number of hydrogen-bond acceptors (Lipinski definition) is 5. The topological polar surface area (TPSA) is 58.9 Å². The van der Waals surface area contributed by atoms with Gasteiger partial charge in [0.1, 0.15) is 12.0 Å². The van der Waals surface area contributed by atoms with Gasteiger partial charge in [-0.25, -0.2) is 9.97 Å². The van der Waals surface area contributed by atoms with Crippen LogP contribution in [-0.4, -0.2) is 33.8 Å². The first-order valence-electron chi connectivity index (χ1n) is 6.85. The largest absolute Gasteiger partial charge is 0.383 e. The van der Waals surface area contributed by atoms with Gasteiger partial charge in [0, 0.05) is 39.4 Å². The van der Waals surface area contributed by atoms with Gasteiger partial charge in [-0.15, -0.1) is 0 Å². The zero-order valence-corrected chi connectivity index (χ0v) is 13.8. The van der Waals surface area contributed by atoms with E-state index in [9.17, 15) is 0 Å². The van der Waals surface area contributed by atoms with E-state index >= 15 is 0 Å². The summed E-state index contributed by atoms with van der Waals surface area (Å²) in [5, 5.41) is 8.01. The molecular formula is C14H21ClN6. The minimum atomic E-state index is 0.382. The highest BCUT2D eigenvalue weighted by atomic mass is 35.5. The Labute approximate surface area is 130 Å². The summed E-state index contributed by atoms with van der Waals surface area (Å²) in [5.41, 5.74) is 3.03. The highest BCUT2D eigenvalue weighted by Crippen LogP contribution is 2.29. The van der Waals surface area contributed by atoms with Crippen molar-refractivity contribution >= 4 is 23.1 Å². The lowest BCUT2D eigenvalue weighted by atomic mass is 10.1. The highest BCUT2D eigenvalue weighted by molar-refractivity contribution is 6.32. The number of anilines is 2. The molecule has 114 valence electrons. The van der Waals surface area contributed by atoms with Gasteiger partial charge < -0.3 is 10.2 Å². The monoisotopic (exact) mass is 308 g/mol. The molecule has 0 fully saturated rings. The van der Waals surface area contributed by atoms with Crippen molar-refractivity contribution in [2.75, 3.05) is 24.3 Å². The lowest BCUT2D eigenvalue weighted by Gasteiger charge is -2.21. The Kier molecular flexibility index (Phi) is 4.67. The third-order valence-electron chi connectivity index (χ3n) is 3.28. The van der Waals surface area contributed by atoms with Crippen LogP contribution >= 0.6 is 11.6 Å². The molecule has 2 aromatic heterocycles. The van der Waals surface area contributed by atoms with E-state index in [-0.39, 0.29) is 0 Å². The molecule has 6 nitrogen and oxygen atoms in total. The number of aromatic nitrogens is 4. The third-order valence-corrected chi connectivity index (χ3v) is 3.57. The van der Waals surface area contributed by atoms with E-state index in [4.69, 9.17) is 11.6 Å². The lowest BCUT2D eigenvalue weighted by molar-refractivity contribution is 0.711. The Morgan fingerprint density at radius 1 is 1.38 bits per heavy atom. The Balaban J connectivity index is 2.30. The zero-order chi connectivity index (χ0) is 15.6. The fourth-order valence-electron chi connectivity index (χ4n) is 2.35. The molecule has 0 saturated carbocycles. The molecule has 0 aliphatic carbocycles. The number of nitrogens with one attached hydrogen (secondary N) is 1. The van der Waals surface area contributed by atoms with Crippen molar-refractivity contribution in [1.82, 2.24) is 19.7 Å². The summed E-state index contributed by atoms with van der Waals surface area (Å²) in [6.07, 6.45) is 3.52. The van der Waals surface area contributed by atoms with Gasteiger partial charge in [-0.1, -0.05) is 25.4 Å². The fourth-order valence-corrected chi connectivity index (χ4v) is 2.58. The Bertz CT molecular complexity index is 622. The van der Waals surface area contributed by atoms with E-state index in [1.807, 2.05) is 36.9 Å². The number of hydrogen-bond donors (Lipinski definition) is 1. The molecule has 1 N–H and O–H groups in total. The van der Waals surface area contributed by atoms with Crippen LogP contribution in [0.25, 0.3) is 0 Å². The predicted molar refractivity (Wildman–Crippen MR) is 86.0 cm³/mol. The zero-order valence-electron chi connectivity index (χ0n) is 13.1. The molecule has 21 heavy (non-hydrogen) atoms. The van der Waals surface area contributed by atoms with E-state index < -0.39 is 0 Å². The second kappa shape index (κ2) is 6.30. The summed E-state index contributed by atoms with van der Waals surface area (Å²) in [6, 6.07) is 0. The highest BCUT2D eigenvalue weighted by Gasteiger charge is 2.17. The number of rotatable bonds is 5. The molecule has 7 heteroatoms. The van der Waals surface area contributed by atoms with Gasteiger partial charge in [-0.3, -0.25) is 4.68 Å². The second-order valence-corrected chi connectivity index (χ2v) is 5.70. The normalized spacial score (nSPS) is 11.0. The van der Waals surface area contributed by atoms with Crippen molar-refractivity contribution in [3.63, 3.8) is 0 Å². The van der Waals surface area contributed by atoms with Crippen molar-refractivity contribution in [1.29, 1.82) is 0 Å². The van der Waals surface area contributed by atoms with Crippen LogP contribution in [0.2, 0.25) is 5.15 Å². The Morgan fingerprint density at radius 3 is 2.71 bits per heavy atom. The standard InChI is InChI=1S/C14H21ClN6/c1-9(2)11-10(7-21(5)19-11)6-20(4)14-12(16-3)13(15)17-8-18-14/h7-9,16H,6H2,1-5H3. The molecular weight excluding hydrogens is 288 g/mol. The smallest absolute Gasteiger partial charge is 0.157 e. The first-order chi connectivity index (χ1) is 9.93. The van der Waals surface area contributed by atoms with Crippen molar-refractivity contribution in [3.8, 4) is 0 Å². The summed E-state index contributed by atoms with van der Waals surface area (Å²) in [6.45, 7) is 5.00. The minimum absolute atomic E-state index is 0.382. The van der Waals surface area contributed by atoms with Crippen LogP contribution < -0.4 is 10.2 Å². The van der Waals surface area contributed by atoms with Crippen LogP contribution in [0, 0.1) is 0 Å². The van der Waals surface area contributed by atoms with Gasteiger partial charge >= 0.3 is 0 Å². The van der Waals surface area contributed by atoms with E-state index in [0.29, 0.717) is 17.6 Å². The molecule has 0 unspecified atom stereocenters. The van der Waals surface area contributed by atoms with Gasteiger partial charge in [0.05, 0.1) is 5.69 Å². The average Bonchev–Trinajstić information content (AvgIpc) is 2.79. The Hall–Kier alpha value is -1.82. The van der Waals surface area contributed by atoms with Crippen LogP contribution in [0.15, 0.2) is 12.5 Å². The van der Waals surface area contributed by atoms with Crippen LogP contribution in [-0.2, 0) is 13.6 Å². The quantitative estimate of drug-likeness (QED) is 0.861. The molecule has 2 aromatic rings. The minimum Gasteiger partial charge on any atom is -0.383 e. The molecule has 0 saturated heterocycles. The molecule has 2 rings (SSSR count). The van der Waals surface area contributed by atoms with Crippen molar-refractivity contribution in [2.45, 2.75) is 26.3 Å². The fraction of sp³-hybridized carbons (Fsp3) is 0.500. The molecule has 0 aromatic carbocycles. The third kappa shape index (κ3) is 3.26. The van der Waals surface area contributed by atoms with Gasteiger partial charge in [-0.05, 0) is 5.92 Å². The maximum Gasteiger partial charge on any atom is 0.157 e. The number of nitrogens with zero attached hydrogens (tertiary/aromatic N) is 5. The summed E-state index contributed by atoms with van der Waals surface area (Å²) < 4.78 is 1.85. The molecule has 0 atom stereocenters. The molecule has 2 heterocycles. The maximum atomic E-state index is 6.11. The Morgan fingerprint density at radius 2 is 2.10 bits per heavy atom. The predicted octanol–water partition coefficient (Wildman–Crippen LogP) is 2.67. The van der Waals surface area contributed by atoms with Gasteiger partial charge in [0.2, 0.25) is 0 Å². The molecule has 0 radical (unpaired) electrons. The van der Waals surface area contributed by atoms with Crippen molar-refractivity contribution in [2.24, 2.45) is 7.05 Å². The van der Waals surface area contributed by atoms with Gasteiger partial charge in [0.25, 0.3) is 0 Å². The average molecular weight is 309 g/mol. The second-order valence-electron chi connectivity index (χ2n) is 5.34. The van der Waals surface area contributed by atoms with Gasteiger partial charge in [-0.2, -0.15) is 5.10 Å². The van der Waals surface area contributed by atoms with Crippen molar-refractivity contribution in [3.05, 3.63) is 28.9 Å². The molecule has 0 aliphatic heterocycles. The SMILES string of the molecule is CNc1c(Cl)ncnc1N(C)Cc1cn(C)nc1C(C)C. The summed E-state index contributed by atoms with van der Waals surface area (Å²) in [7, 11) is 5.73. The molecule has 0 bridgehead atoms. The van der Waals surface area contributed by atoms with Gasteiger partial charge in [0.15, 0.2) is 11.0 Å². The van der Waals surface area contributed by atoms with Crippen LogP contribution in [0.4, 0.5) is 11.5 Å². The van der Waals surface area contributed by atoms with E-state index in [2.05, 4.69) is 34.2 Å². The van der Waals surface area contributed by atoms with E-state index in [0.717, 1.165) is 17.2 Å². The first-order valence-corrected chi connectivity index (χ1v) is 7.23. The van der Waals surface area contributed by atoms with Crippen LogP contribution in [0.3, 0.4) is 0 Å². The summed E-state index contributed by atoms with van der Waals surface area (Å²) in [5.74, 6) is 1.16. The van der Waals surface area contributed by atoms with Crippen LogP contribution in [0.5, 0.6) is 0 Å².